The monoisotopic (exact) mass is 340 g/mol. The van der Waals surface area contributed by atoms with Gasteiger partial charge in [0, 0.05) is 12.8 Å². The van der Waals surface area contributed by atoms with Crippen molar-refractivity contribution < 1.29 is 19.8 Å². The normalized spacial score (nSPS) is 12.5. The minimum Gasteiger partial charge on any atom is -0.481 e. The lowest BCUT2D eigenvalue weighted by Crippen LogP contribution is -1.94. The largest absolute Gasteiger partial charge is 0.481 e. The second-order valence-electron chi connectivity index (χ2n) is 6.81. The summed E-state index contributed by atoms with van der Waals surface area (Å²) in [6.07, 6.45) is 18.3. The van der Waals surface area contributed by atoms with E-state index in [1.54, 1.807) is 0 Å². The van der Waals surface area contributed by atoms with Crippen LogP contribution in [0.5, 0.6) is 0 Å². The third-order valence-corrected chi connectivity index (χ3v) is 4.28. The smallest absolute Gasteiger partial charge is 0.303 e. The molecular formula is C20H36O4. The standard InChI is InChI=1S/C20H36O4/c1-18(15-11-7-5-9-13-17-20(23)24)14-10-6-3-2-4-8-12-16-19(21)22/h10,14,18H,2-9,11-13,15-17H2,1H3,(H,21,22)(H,23,24)/b14-10+. The Labute approximate surface area is 147 Å². The predicted octanol–water partition coefficient (Wildman–Crippen LogP) is 5.81. The molecule has 0 aliphatic carbocycles. The van der Waals surface area contributed by atoms with Crippen LogP contribution < -0.4 is 0 Å². The number of aliphatic carboxylic acids is 2. The maximum Gasteiger partial charge on any atom is 0.303 e. The lowest BCUT2D eigenvalue weighted by molar-refractivity contribution is -0.138. The molecule has 1 atom stereocenters. The third kappa shape index (κ3) is 18.7. The molecule has 0 aliphatic heterocycles. The number of carboxylic acids is 2. The van der Waals surface area contributed by atoms with Gasteiger partial charge in [0.15, 0.2) is 0 Å². The predicted molar refractivity (Wildman–Crippen MR) is 98.2 cm³/mol. The van der Waals surface area contributed by atoms with E-state index >= 15 is 0 Å². The average molecular weight is 341 g/mol. The zero-order valence-corrected chi connectivity index (χ0v) is 15.3. The summed E-state index contributed by atoms with van der Waals surface area (Å²) in [5, 5.41) is 17.1. The van der Waals surface area contributed by atoms with Gasteiger partial charge in [-0.15, -0.1) is 0 Å². The maximum atomic E-state index is 10.4. The van der Waals surface area contributed by atoms with Gasteiger partial charge < -0.3 is 10.2 Å². The fourth-order valence-electron chi connectivity index (χ4n) is 2.77. The molecule has 0 heterocycles. The molecule has 0 aromatic carbocycles. The van der Waals surface area contributed by atoms with Crippen LogP contribution in [0.4, 0.5) is 0 Å². The third-order valence-electron chi connectivity index (χ3n) is 4.28. The van der Waals surface area contributed by atoms with E-state index in [2.05, 4.69) is 19.1 Å². The van der Waals surface area contributed by atoms with Crippen LogP contribution in [-0.4, -0.2) is 22.2 Å². The first kappa shape index (κ1) is 22.7. The lowest BCUT2D eigenvalue weighted by Gasteiger charge is -2.06. The summed E-state index contributed by atoms with van der Waals surface area (Å²) in [7, 11) is 0. The fraction of sp³-hybridized carbons (Fsp3) is 0.800. The van der Waals surface area contributed by atoms with E-state index in [9.17, 15) is 9.59 Å². The molecule has 0 saturated heterocycles. The fourth-order valence-corrected chi connectivity index (χ4v) is 2.77. The van der Waals surface area contributed by atoms with Gasteiger partial charge >= 0.3 is 11.9 Å². The molecule has 0 fully saturated rings. The molecule has 0 radical (unpaired) electrons. The molecule has 0 amide bonds. The number of rotatable bonds is 17. The number of carbonyl (C=O) groups is 2. The summed E-state index contributed by atoms with van der Waals surface area (Å²) in [6.45, 7) is 2.26. The van der Waals surface area contributed by atoms with Crippen molar-refractivity contribution in [1.29, 1.82) is 0 Å². The van der Waals surface area contributed by atoms with Crippen molar-refractivity contribution in [1.82, 2.24) is 0 Å². The highest BCUT2D eigenvalue weighted by Crippen LogP contribution is 2.14. The molecule has 24 heavy (non-hydrogen) atoms. The number of allylic oxidation sites excluding steroid dienone is 2. The van der Waals surface area contributed by atoms with Crippen LogP contribution in [0, 0.1) is 5.92 Å². The Bertz CT molecular complexity index is 350. The Balaban J connectivity index is 3.32. The Morgan fingerprint density at radius 3 is 1.75 bits per heavy atom. The molecule has 1 unspecified atom stereocenters. The van der Waals surface area contributed by atoms with Gasteiger partial charge in [-0.25, -0.2) is 0 Å². The van der Waals surface area contributed by atoms with Crippen molar-refractivity contribution in [3.8, 4) is 0 Å². The van der Waals surface area contributed by atoms with Crippen molar-refractivity contribution in [2.75, 3.05) is 0 Å². The molecule has 4 nitrogen and oxygen atoms in total. The van der Waals surface area contributed by atoms with Gasteiger partial charge in [0.05, 0.1) is 0 Å². The SMILES string of the molecule is CC(/C=C/CCCCCCCC(=O)O)CCCCCCCC(=O)O. The van der Waals surface area contributed by atoms with E-state index in [0.29, 0.717) is 18.8 Å². The first-order valence-corrected chi connectivity index (χ1v) is 9.62. The zero-order valence-electron chi connectivity index (χ0n) is 15.3. The number of carboxylic acid groups (broad SMARTS) is 2. The molecule has 0 rings (SSSR count). The Hall–Kier alpha value is -1.32. The van der Waals surface area contributed by atoms with Crippen LogP contribution in [0.2, 0.25) is 0 Å². The summed E-state index contributed by atoms with van der Waals surface area (Å²) in [5.41, 5.74) is 0. The van der Waals surface area contributed by atoms with Gasteiger partial charge in [-0.1, -0.05) is 64.0 Å². The van der Waals surface area contributed by atoms with E-state index in [-0.39, 0.29) is 0 Å². The van der Waals surface area contributed by atoms with Crippen molar-refractivity contribution in [3.63, 3.8) is 0 Å². The Morgan fingerprint density at radius 1 is 0.750 bits per heavy atom. The zero-order chi connectivity index (χ0) is 18.0. The first-order valence-electron chi connectivity index (χ1n) is 9.62. The highest BCUT2D eigenvalue weighted by molar-refractivity contribution is 5.66. The molecule has 140 valence electrons. The highest BCUT2D eigenvalue weighted by Gasteiger charge is 1.99. The van der Waals surface area contributed by atoms with E-state index in [1.165, 1.54) is 32.1 Å². The van der Waals surface area contributed by atoms with Crippen LogP contribution in [-0.2, 0) is 9.59 Å². The van der Waals surface area contributed by atoms with Crippen molar-refractivity contribution in [2.24, 2.45) is 5.92 Å². The molecule has 0 aliphatic rings. The molecule has 0 saturated carbocycles. The second-order valence-corrected chi connectivity index (χ2v) is 6.81. The van der Waals surface area contributed by atoms with Crippen LogP contribution >= 0.6 is 0 Å². The quantitative estimate of drug-likeness (QED) is 0.259. The van der Waals surface area contributed by atoms with E-state index in [0.717, 1.165) is 44.9 Å². The topological polar surface area (TPSA) is 74.6 Å². The molecule has 0 aromatic rings. The summed E-state index contributed by atoms with van der Waals surface area (Å²) in [5.74, 6) is -0.749. The van der Waals surface area contributed by atoms with Gasteiger partial charge in [0.25, 0.3) is 0 Å². The molecular weight excluding hydrogens is 304 g/mol. The minimum absolute atomic E-state index is 0.303. The Kier molecular flexibility index (Phi) is 15.6. The molecule has 2 N–H and O–H groups in total. The number of hydrogen-bond donors (Lipinski definition) is 2. The van der Waals surface area contributed by atoms with Gasteiger partial charge in [-0.3, -0.25) is 9.59 Å². The van der Waals surface area contributed by atoms with Crippen molar-refractivity contribution in [3.05, 3.63) is 12.2 Å². The summed E-state index contributed by atoms with van der Waals surface area (Å²) in [6, 6.07) is 0. The molecule has 0 aromatic heterocycles. The average Bonchev–Trinajstić information content (AvgIpc) is 2.51. The van der Waals surface area contributed by atoms with Gasteiger partial charge in [-0.2, -0.15) is 0 Å². The maximum absolute atomic E-state index is 10.4. The number of unbranched alkanes of at least 4 members (excludes halogenated alkanes) is 9. The molecule has 0 spiro atoms. The van der Waals surface area contributed by atoms with Crippen molar-refractivity contribution >= 4 is 11.9 Å². The molecule has 4 heteroatoms. The summed E-state index contributed by atoms with van der Waals surface area (Å²) >= 11 is 0. The molecule has 0 bridgehead atoms. The van der Waals surface area contributed by atoms with Crippen LogP contribution in [0.3, 0.4) is 0 Å². The van der Waals surface area contributed by atoms with Gasteiger partial charge in [0.1, 0.15) is 0 Å². The summed E-state index contributed by atoms with van der Waals surface area (Å²) in [4.78, 5) is 20.8. The highest BCUT2D eigenvalue weighted by atomic mass is 16.4. The van der Waals surface area contributed by atoms with Crippen molar-refractivity contribution in [2.45, 2.75) is 96.8 Å². The van der Waals surface area contributed by atoms with E-state index in [1.807, 2.05) is 0 Å². The summed E-state index contributed by atoms with van der Waals surface area (Å²) < 4.78 is 0. The van der Waals surface area contributed by atoms with Gasteiger partial charge in [-0.05, 0) is 38.0 Å². The van der Waals surface area contributed by atoms with Crippen LogP contribution in [0.1, 0.15) is 96.8 Å². The van der Waals surface area contributed by atoms with Gasteiger partial charge in [0.2, 0.25) is 0 Å². The lowest BCUT2D eigenvalue weighted by atomic mass is 10.0. The second kappa shape index (κ2) is 16.5. The van der Waals surface area contributed by atoms with E-state index < -0.39 is 11.9 Å². The Morgan fingerprint density at radius 2 is 1.21 bits per heavy atom. The van der Waals surface area contributed by atoms with E-state index in [4.69, 9.17) is 10.2 Å². The minimum atomic E-state index is -0.688. The first-order chi connectivity index (χ1) is 11.5. The van der Waals surface area contributed by atoms with Crippen LogP contribution in [0.15, 0.2) is 12.2 Å². The van der Waals surface area contributed by atoms with Crippen LogP contribution in [0.25, 0.3) is 0 Å². The number of hydrogen-bond acceptors (Lipinski definition) is 2.